The zero-order valence-electron chi connectivity index (χ0n) is 12.6. The summed E-state index contributed by atoms with van der Waals surface area (Å²) in [6, 6.07) is 6.93. The SMILES string of the molecule is CN(CCN1C(=O)c2ccccc2C1=O)Cc1nncn1C. The minimum Gasteiger partial charge on any atom is -0.320 e. The lowest BCUT2D eigenvalue weighted by Gasteiger charge is -2.20. The van der Waals surface area contributed by atoms with Crippen LogP contribution in [0.1, 0.15) is 26.5 Å². The van der Waals surface area contributed by atoms with Gasteiger partial charge in [0.15, 0.2) is 0 Å². The van der Waals surface area contributed by atoms with Gasteiger partial charge in [-0.25, -0.2) is 0 Å². The van der Waals surface area contributed by atoms with Crippen LogP contribution < -0.4 is 0 Å². The van der Waals surface area contributed by atoms with Crippen molar-refractivity contribution in [3.05, 3.63) is 47.5 Å². The molecule has 0 atom stereocenters. The molecule has 2 aromatic rings. The molecule has 114 valence electrons. The Labute approximate surface area is 128 Å². The van der Waals surface area contributed by atoms with E-state index in [1.807, 2.05) is 23.6 Å². The zero-order chi connectivity index (χ0) is 15.7. The van der Waals surface area contributed by atoms with E-state index in [0.717, 1.165) is 5.82 Å². The number of aryl methyl sites for hydroxylation is 1. The average Bonchev–Trinajstić information content (AvgIpc) is 3.01. The molecule has 0 radical (unpaired) electrons. The molecule has 0 bridgehead atoms. The van der Waals surface area contributed by atoms with E-state index in [9.17, 15) is 9.59 Å². The van der Waals surface area contributed by atoms with Gasteiger partial charge in [0.1, 0.15) is 12.2 Å². The summed E-state index contributed by atoms with van der Waals surface area (Å²) < 4.78 is 1.85. The second-order valence-electron chi connectivity index (χ2n) is 5.40. The minimum absolute atomic E-state index is 0.215. The van der Waals surface area contributed by atoms with Crippen LogP contribution in [0.5, 0.6) is 0 Å². The van der Waals surface area contributed by atoms with E-state index in [-0.39, 0.29) is 11.8 Å². The highest BCUT2D eigenvalue weighted by molar-refractivity contribution is 6.21. The van der Waals surface area contributed by atoms with E-state index in [4.69, 9.17) is 0 Å². The third-order valence-electron chi connectivity index (χ3n) is 3.80. The predicted molar refractivity (Wildman–Crippen MR) is 79.1 cm³/mol. The summed E-state index contributed by atoms with van der Waals surface area (Å²) in [5.41, 5.74) is 0.979. The number of imide groups is 1. The first-order valence-electron chi connectivity index (χ1n) is 7.04. The highest BCUT2D eigenvalue weighted by atomic mass is 16.2. The van der Waals surface area contributed by atoms with Gasteiger partial charge in [0.05, 0.1) is 17.7 Å². The first kappa shape index (κ1) is 14.4. The fraction of sp³-hybridized carbons (Fsp3) is 0.333. The second-order valence-corrected chi connectivity index (χ2v) is 5.40. The number of carbonyl (C=O) groups excluding carboxylic acids is 2. The lowest BCUT2D eigenvalue weighted by atomic mass is 10.1. The fourth-order valence-electron chi connectivity index (χ4n) is 2.48. The highest BCUT2D eigenvalue weighted by Crippen LogP contribution is 2.21. The van der Waals surface area contributed by atoms with Crippen LogP contribution in [0.4, 0.5) is 0 Å². The van der Waals surface area contributed by atoms with Crippen LogP contribution in [0.2, 0.25) is 0 Å². The summed E-state index contributed by atoms with van der Waals surface area (Å²) >= 11 is 0. The molecule has 0 unspecified atom stereocenters. The Bertz CT molecular complexity index is 689. The third kappa shape index (κ3) is 2.50. The maximum atomic E-state index is 12.3. The van der Waals surface area contributed by atoms with Gasteiger partial charge >= 0.3 is 0 Å². The molecule has 1 aromatic heterocycles. The molecule has 2 amide bonds. The van der Waals surface area contributed by atoms with Crippen LogP contribution in [0.25, 0.3) is 0 Å². The normalized spacial score (nSPS) is 14.0. The molecular weight excluding hydrogens is 282 g/mol. The van der Waals surface area contributed by atoms with E-state index >= 15 is 0 Å². The standard InChI is InChI=1S/C15H17N5O2/c1-18(9-13-17-16-10-19(13)2)7-8-20-14(21)11-5-3-4-6-12(11)15(20)22/h3-6,10H,7-9H2,1-2H3. The van der Waals surface area contributed by atoms with Gasteiger partial charge in [-0.15, -0.1) is 10.2 Å². The quantitative estimate of drug-likeness (QED) is 0.754. The topological polar surface area (TPSA) is 71.3 Å². The average molecular weight is 299 g/mol. The van der Waals surface area contributed by atoms with Crippen molar-refractivity contribution in [3.63, 3.8) is 0 Å². The van der Waals surface area contributed by atoms with Crippen LogP contribution >= 0.6 is 0 Å². The molecule has 7 nitrogen and oxygen atoms in total. The van der Waals surface area contributed by atoms with Gasteiger partial charge < -0.3 is 4.57 Å². The Hall–Kier alpha value is -2.54. The first-order chi connectivity index (χ1) is 10.6. The van der Waals surface area contributed by atoms with Crippen LogP contribution in [0, 0.1) is 0 Å². The van der Waals surface area contributed by atoms with E-state index in [0.29, 0.717) is 30.8 Å². The van der Waals surface area contributed by atoms with Crippen molar-refractivity contribution in [2.75, 3.05) is 20.1 Å². The molecule has 2 heterocycles. The summed E-state index contributed by atoms with van der Waals surface area (Å²) in [6.45, 7) is 1.55. The minimum atomic E-state index is -0.215. The molecule has 3 rings (SSSR count). The maximum Gasteiger partial charge on any atom is 0.261 e. The number of amides is 2. The molecule has 0 fully saturated rings. The Kier molecular flexibility index (Phi) is 3.72. The van der Waals surface area contributed by atoms with Crippen molar-refractivity contribution < 1.29 is 9.59 Å². The molecule has 7 heteroatoms. The van der Waals surface area contributed by atoms with Gasteiger partial charge in [0.25, 0.3) is 11.8 Å². The summed E-state index contributed by atoms with van der Waals surface area (Å²) in [7, 11) is 3.81. The fourth-order valence-corrected chi connectivity index (χ4v) is 2.48. The van der Waals surface area contributed by atoms with Crippen LogP contribution in [0.3, 0.4) is 0 Å². The lowest BCUT2D eigenvalue weighted by Crippen LogP contribution is -2.37. The molecule has 0 saturated carbocycles. The van der Waals surface area contributed by atoms with Gasteiger partial charge in [-0.05, 0) is 19.2 Å². The van der Waals surface area contributed by atoms with Crippen molar-refractivity contribution in [3.8, 4) is 0 Å². The van der Waals surface area contributed by atoms with Crippen molar-refractivity contribution >= 4 is 11.8 Å². The number of rotatable bonds is 5. The van der Waals surface area contributed by atoms with Crippen molar-refractivity contribution in [2.45, 2.75) is 6.54 Å². The molecule has 1 aromatic carbocycles. The van der Waals surface area contributed by atoms with Gasteiger partial charge in [-0.1, -0.05) is 12.1 Å². The molecule has 1 aliphatic heterocycles. The van der Waals surface area contributed by atoms with E-state index in [1.165, 1.54) is 4.90 Å². The molecule has 0 N–H and O–H groups in total. The molecular formula is C15H17N5O2. The Morgan fingerprint density at radius 1 is 1.14 bits per heavy atom. The summed E-state index contributed by atoms with van der Waals surface area (Å²) in [5, 5.41) is 7.85. The summed E-state index contributed by atoms with van der Waals surface area (Å²) in [4.78, 5) is 27.8. The molecule has 22 heavy (non-hydrogen) atoms. The number of likely N-dealkylation sites (N-methyl/N-ethyl adjacent to an activating group) is 1. The highest BCUT2D eigenvalue weighted by Gasteiger charge is 2.34. The Morgan fingerprint density at radius 2 is 1.77 bits per heavy atom. The third-order valence-corrected chi connectivity index (χ3v) is 3.80. The Morgan fingerprint density at radius 3 is 2.32 bits per heavy atom. The number of hydrogen-bond donors (Lipinski definition) is 0. The maximum absolute atomic E-state index is 12.3. The first-order valence-corrected chi connectivity index (χ1v) is 7.04. The Balaban J connectivity index is 1.62. The van der Waals surface area contributed by atoms with Crippen molar-refractivity contribution in [2.24, 2.45) is 7.05 Å². The van der Waals surface area contributed by atoms with E-state index < -0.39 is 0 Å². The molecule has 1 aliphatic rings. The largest absolute Gasteiger partial charge is 0.320 e. The summed E-state index contributed by atoms with van der Waals surface area (Å²) in [5.74, 6) is 0.408. The van der Waals surface area contributed by atoms with Gasteiger partial charge in [0.2, 0.25) is 0 Å². The van der Waals surface area contributed by atoms with Crippen molar-refractivity contribution in [1.29, 1.82) is 0 Å². The smallest absolute Gasteiger partial charge is 0.261 e. The van der Waals surface area contributed by atoms with Gasteiger partial charge in [0, 0.05) is 20.1 Å². The van der Waals surface area contributed by atoms with E-state index in [2.05, 4.69) is 10.2 Å². The number of aromatic nitrogens is 3. The van der Waals surface area contributed by atoms with E-state index in [1.54, 1.807) is 30.6 Å². The number of hydrogen-bond acceptors (Lipinski definition) is 5. The molecule has 0 aliphatic carbocycles. The van der Waals surface area contributed by atoms with Crippen molar-refractivity contribution in [1.82, 2.24) is 24.6 Å². The number of benzene rings is 1. The monoisotopic (exact) mass is 299 g/mol. The lowest BCUT2D eigenvalue weighted by molar-refractivity contribution is 0.0639. The zero-order valence-corrected chi connectivity index (χ0v) is 12.6. The van der Waals surface area contributed by atoms with Crippen LogP contribution in [-0.2, 0) is 13.6 Å². The van der Waals surface area contributed by atoms with Crippen LogP contribution in [-0.4, -0.2) is 56.5 Å². The number of fused-ring (bicyclic) bond motifs is 1. The molecule has 0 spiro atoms. The van der Waals surface area contributed by atoms with Gasteiger partial charge in [-0.3, -0.25) is 19.4 Å². The summed E-state index contributed by atoms with van der Waals surface area (Å²) in [6.07, 6.45) is 1.65. The predicted octanol–water partition coefficient (Wildman–Crippen LogP) is 0.543. The number of carbonyl (C=O) groups is 2. The number of nitrogens with zero attached hydrogens (tertiary/aromatic N) is 5. The molecule has 0 saturated heterocycles. The van der Waals surface area contributed by atoms with Gasteiger partial charge in [-0.2, -0.15) is 0 Å². The van der Waals surface area contributed by atoms with Crippen LogP contribution in [0.15, 0.2) is 30.6 Å². The second kappa shape index (κ2) is 5.69.